The molecule has 3 aromatic rings. The average molecular weight is 412 g/mol. The first kappa shape index (κ1) is 20.0. The number of hydrazone groups is 1. The number of hydrogen-bond acceptors (Lipinski definition) is 8. The van der Waals surface area contributed by atoms with Gasteiger partial charge in [-0.05, 0) is 25.1 Å². The molecule has 1 heterocycles. The lowest BCUT2D eigenvalue weighted by Gasteiger charge is -2.07. The molecule has 2 aromatic carbocycles. The van der Waals surface area contributed by atoms with Crippen molar-refractivity contribution < 1.29 is 14.8 Å². The number of rotatable bonds is 7. The van der Waals surface area contributed by atoms with Crippen molar-refractivity contribution in [2.24, 2.45) is 5.10 Å². The summed E-state index contributed by atoms with van der Waals surface area (Å²) in [5.41, 5.74) is 3.13. The molecule has 0 saturated carbocycles. The van der Waals surface area contributed by atoms with Gasteiger partial charge < -0.3 is 5.11 Å². The van der Waals surface area contributed by atoms with Crippen LogP contribution in [0.1, 0.15) is 11.4 Å². The van der Waals surface area contributed by atoms with Crippen LogP contribution in [0.2, 0.25) is 0 Å². The van der Waals surface area contributed by atoms with Crippen molar-refractivity contribution in [1.29, 1.82) is 0 Å². The molecule has 2 N–H and O–H groups in total. The smallest absolute Gasteiger partial charge is 0.270 e. The maximum absolute atomic E-state index is 12.0. The second-order valence-corrected chi connectivity index (χ2v) is 6.73. The lowest BCUT2D eigenvalue weighted by atomic mass is 10.2. The third-order valence-corrected chi connectivity index (χ3v) is 4.69. The van der Waals surface area contributed by atoms with Gasteiger partial charge in [0.1, 0.15) is 11.6 Å². The van der Waals surface area contributed by atoms with Crippen molar-refractivity contribution >= 4 is 29.6 Å². The number of aromatic nitrogens is 3. The number of aromatic hydroxyl groups is 1. The Hall–Kier alpha value is -3.73. The number of thioether (sulfide) groups is 1. The Kier molecular flexibility index (Phi) is 6.19. The second-order valence-electron chi connectivity index (χ2n) is 5.78. The van der Waals surface area contributed by atoms with E-state index in [1.54, 1.807) is 0 Å². The third kappa shape index (κ3) is 4.96. The predicted octanol–water partition coefficient (Wildman–Crippen LogP) is 2.43. The Balaban J connectivity index is 1.61. The van der Waals surface area contributed by atoms with Crippen molar-refractivity contribution in [2.45, 2.75) is 12.1 Å². The van der Waals surface area contributed by atoms with Gasteiger partial charge in [-0.3, -0.25) is 19.5 Å². The summed E-state index contributed by atoms with van der Waals surface area (Å²) in [5, 5.41) is 33.0. The first-order valence-electron chi connectivity index (χ1n) is 8.35. The fourth-order valence-corrected chi connectivity index (χ4v) is 3.20. The highest BCUT2D eigenvalue weighted by Crippen LogP contribution is 2.22. The van der Waals surface area contributed by atoms with Crippen molar-refractivity contribution in [3.63, 3.8) is 0 Å². The zero-order chi connectivity index (χ0) is 20.8. The van der Waals surface area contributed by atoms with E-state index in [9.17, 15) is 20.0 Å². The summed E-state index contributed by atoms with van der Waals surface area (Å²) in [6, 6.07) is 13.0. The lowest BCUT2D eigenvalue weighted by molar-refractivity contribution is -0.384. The summed E-state index contributed by atoms with van der Waals surface area (Å²) < 4.78 is 1.84. The standard InChI is InChI=1S/C18H16N6O4S/c1-12-20-22-18(23(12)14-5-3-2-4-6-14)29-11-17(26)21-19-10-13-9-15(24(27)28)7-8-16(13)25/h2-10,25H,11H2,1H3,(H,21,26). The number of nitro benzene ring substituents is 1. The van der Waals surface area contributed by atoms with Gasteiger partial charge in [0, 0.05) is 23.4 Å². The van der Waals surface area contributed by atoms with Crippen molar-refractivity contribution in [1.82, 2.24) is 20.2 Å². The van der Waals surface area contributed by atoms with Crippen LogP contribution >= 0.6 is 11.8 Å². The largest absolute Gasteiger partial charge is 0.507 e. The minimum absolute atomic E-state index is 0.0310. The highest BCUT2D eigenvalue weighted by atomic mass is 32.2. The van der Waals surface area contributed by atoms with Crippen molar-refractivity contribution in [3.05, 3.63) is 70.0 Å². The molecule has 10 nitrogen and oxygen atoms in total. The van der Waals surface area contributed by atoms with Gasteiger partial charge in [-0.1, -0.05) is 30.0 Å². The van der Waals surface area contributed by atoms with Crippen LogP contribution in [-0.4, -0.2) is 42.7 Å². The first-order valence-corrected chi connectivity index (χ1v) is 9.34. The molecule has 11 heteroatoms. The number of nitro groups is 1. The van der Waals surface area contributed by atoms with Gasteiger partial charge in [0.25, 0.3) is 11.6 Å². The number of nitrogens with one attached hydrogen (secondary N) is 1. The zero-order valence-corrected chi connectivity index (χ0v) is 16.0. The third-order valence-electron chi connectivity index (χ3n) is 3.76. The summed E-state index contributed by atoms with van der Waals surface area (Å²) in [5.74, 6) is 0.132. The predicted molar refractivity (Wildman–Crippen MR) is 107 cm³/mol. The highest BCUT2D eigenvalue weighted by Gasteiger charge is 2.13. The Morgan fingerprint density at radius 2 is 2.07 bits per heavy atom. The molecule has 0 saturated heterocycles. The molecule has 0 radical (unpaired) electrons. The minimum Gasteiger partial charge on any atom is -0.507 e. The molecule has 29 heavy (non-hydrogen) atoms. The Bertz CT molecular complexity index is 1070. The van der Waals surface area contributed by atoms with E-state index >= 15 is 0 Å². The van der Waals surface area contributed by atoms with Crippen LogP contribution in [0, 0.1) is 17.0 Å². The van der Waals surface area contributed by atoms with Gasteiger partial charge in [0.15, 0.2) is 5.16 Å². The van der Waals surface area contributed by atoms with E-state index in [4.69, 9.17) is 0 Å². The number of benzene rings is 2. The molecule has 0 spiro atoms. The van der Waals surface area contributed by atoms with Crippen LogP contribution in [-0.2, 0) is 4.79 Å². The summed E-state index contributed by atoms with van der Waals surface area (Å²) in [7, 11) is 0. The maximum atomic E-state index is 12.0. The normalized spacial score (nSPS) is 10.9. The zero-order valence-electron chi connectivity index (χ0n) is 15.2. The van der Waals surface area contributed by atoms with E-state index in [0.717, 1.165) is 18.0 Å². The summed E-state index contributed by atoms with van der Waals surface area (Å²) in [6.07, 6.45) is 1.14. The fraction of sp³-hybridized carbons (Fsp3) is 0.111. The molecule has 0 unspecified atom stereocenters. The number of hydrogen-bond donors (Lipinski definition) is 2. The monoisotopic (exact) mass is 412 g/mol. The van der Waals surface area contributed by atoms with Gasteiger partial charge in [0.05, 0.1) is 16.9 Å². The van der Waals surface area contributed by atoms with Crippen LogP contribution in [0.25, 0.3) is 5.69 Å². The number of non-ortho nitro benzene ring substituents is 1. The number of carbonyl (C=O) groups is 1. The lowest BCUT2D eigenvalue weighted by Crippen LogP contribution is -2.20. The number of nitrogens with zero attached hydrogens (tertiary/aromatic N) is 5. The molecule has 0 aliphatic rings. The molecule has 3 rings (SSSR count). The van der Waals surface area contributed by atoms with E-state index in [0.29, 0.717) is 11.0 Å². The fourth-order valence-electron chi connectivity index (χ4n) is 2.41. The van der Waals surface area contributed by atoms with Gasteiger partial charge >= 0.3 is 0 Å². The first-order chi connectivity index (χ1) is 14.0. The number of phenolic OH excluding ortho intramolecular Hbond substituents is 1. The van der Waals surface area contributed by atoms with Crippen LogP contribution < -0.4 is 5.43 Å². The summed E-state index contributed by atoms with van der Waals surface area (Å²) >= 11 is 1.19. The molecule has 1 aromatic heterocycles. The molecule has 1 amide bonds. The second kappa shape index (κ2) is 8.97. The highest BCUT2D eigenvalue weighted by molar-refractivity contribution is 7.99. The van der Waals surface area contributed by atoms with Gasteiger partial charge in [-0.15, -0.1) is 10.2 Å². The van der Waals surface area contributed by atoms with E-state index < -0.39 is 10.8 Å². The minimum atomic E-state index is -0.586. The van der Waals surface area contributed by atoms with Crippen LogP contribution in [0.3, 0.4) is 0 Å². The van der Waals surface area contributed by atoms with Gasteiger partial charge in [-0.25, -0.2) is 5.43 Å². The average Bonchev–Trinajstić information content (AvgIpc) is 3.08. The van der Waals surface area contributed by atoms with Crippen molar-refractivity contribution in [3.8, 4) is 11.4 Å². The van der Waals surface area contributed by atoms with E-state index in [1.165, 1.54) is 23.9 Å². The molecule has 0 aliphatic heterocycles. The molecular weight excluding hydrogens is 396 g/mol. The number of para-hydroxylation sites is 1. The van der Waals surface area contributed by atoms with Crippen molar-refractivity contribution in [2.75, 3.05) is 5.75 Å². The van der Waals surface area contributed by atoms with E-state index in [2.05, 4.69) is 20.7 Å². The van der Waals surface area contributed by atoms with Gasteiger partial charge in [0.2, 0.25) is 0 Å². The van der Waals surface area contributed by atoms with Crippen LogP contribution in [0.5, 0.6) is 5.75 Å². The Morgan fingerprint density at radius 3 is 2.79 bits per heavy atom. The molecule has 0 bridgehead atoms. The van der Waals surface area contributed by atoms with Crippen LogP contribution in [0.15, 0.2) is 58.8 Å². The van der Waals surface area contributed by atoms with E-state index in [1.807, 2.05) is 41.8 Å². The topological polar surface area (TPSA) is 136 Å². The Labute approximate surface area is 169 Å². The van der Waals surface area contributed by atoms with E-state index in [-0.39, 0.29) is 22.8 Å². The maximum Gasteiger partial charge on any atom is 0.270 e. The quantitative estimate of drug-likeness (QED) is 0.263. The van der Waals surface area contributed by atoms with Gasteiger partial charge in [-0.2, -0.15) is 5.10 Å². The number of carbonyl (C=O) groups excluding carboxylic acids is 1. The molecule has 0 aliphatic carbocycles. The molecule has 0 fully saturated rings. The molecular formula is C18H16N6O4S. The molecule has 0 atom stereocenters. The SMILES string of the molecule is Cc1nnc(SCC(=O)NN=Cc2cc([N+](=O)[O-])ccc2O)n1-c1ccccc1. The Morgan fingerprint density at radius 1 is 1.31 bits per heavy atom. The molecule has 148 valence electrons. The summed E-state index contributed by atoms with van der Waals surface area (Å²) in [6.45, 7) is 1.82. The van der Waals surface area contributed by atoms with Crippen LogP contribution in [0.4, 0.5) is 5.69 Å². The number of phenols is 1. The number of aryl methyl sites for hydroxylation is 1. The number of amides is 1. The summed E-state index contributed by atoms with van der Waals surface area (Å²) in [4.78, 5) is 22.3.